The van der Waals surface area contributed by atoms with Gasteiger partial charge in [0.2, 0.25) is 5.91 Å². The molecule has 0 unspecified atom stereocenters. The van der Waals surface area contributed by atoms with Crippen molar-refractivity contribution in [1.82, 2.24) is 4.90 Å². The molecule has 0 fully saturated rings. The molecule has 1 rings (SSSR count). The van der Waals surface area contributed by atoms with Gasteiger partial charge in [0.05, 0.1) is 5.69 Å². The van der Waals surface area contributed by atoms with E-state index in [9.17, 15) is 18.0 Å². The van der Waals surface area contributed by atoms with Crippen LogP contribution in [0.25, 0.3) is 0 Å². The van der Waals surface area contributed by atoms with Gasteiger partial charge >= 0.3 is 6.36 Å². The third-order valence-electron chi connectivity index (χ3n) is 2.27. The first-order chi connectivity index (χ1) is 8.79. The van der Waals surface area contributed by atoms with Gasteiger partial charge in [-0.1, -0.05) is 12.1 Å². The summed E-state index contributed by atoms with van der Waals surface area (Å²) >= 11 is 0. The standard InChI is InChI=1S/C12H15F3N2O2/c1-17(2)11(18)7-8-16-9-5-3-4-6-10(9)19-12(13,14)15/h3-6,16H,7-8H2,1-2H3. The fourth-order valence-electron chi connectivity index (χ4n) is 1.35. The van der Waals surface area contributed by atoms with Crippen LogP contribution in [0.3, 0.4) is 0 Å². The molecular formula is C12H15F3N2O2. The number of carbonyl (C=O) groups is 1. The minimum absolute atomic E-state index is 0.110. The molecule has 106 valence electrons. The molecule has 0 aliphatic heterocycles. The maximum Gasteiger partial charge on any atom is 0.573 e. The summed E-state index contributed by atoms with van der Waals surface area (Å²) in [5, 5.41) is 2.75. The Morgan fingerprint density at radius 3 is 2.53 bits per heavy atom. The largest absolute Gasteiger partial charge is 0.573 e. The highest BCUT2D eigenvalue weighted by molar-refractivity contribution is 5.76. The predicted octanol–water partition coefficient (Wildman–Crippen LogP) is 2.48. The molecule has 0 aliphatic rings. The highest BCUT2D eigenvalue weighted by Crippen LogP contribution is 2.29. The predicted molar refractivity (Wildman–Crippen MR) is 64.9 cm³/mol. The van der Waals surface area contributed by atoms with E-state index in [1.807, 2.05) is 0 Å². The van der Waals surface area contributed by atoms with Crippen molar-refractivity contribution in [3.05, 3.63) is 24.3 Å². The second-order valence-corrected chi connectivity index (χ2v) is 4.01. The van der Waals surface area contributed by atoms with Crippen LogP contribution in [-0.4, -0.2) is 37.8 Å². The molecule has 0 radical (unpaired) electrons. The van der Waals surface area contributed by atoms with E-state index in [1.165, 1.54) is 23.1 Å². The van der Waals surface area contributed by atoms with Crippen molar-refractivity contribution in [1.29, 1.82) is 0 Å². The summed E-state index contributed by atoms with van der Waals surface area (Å²) in [5.41, 5.74) is 0.200. The average Bonchev–Trinajstić information content (AvgIpc) is 2.29. The van der Waals surface area contributed by atoms with E-state index < -0.39 is 6.36 Å². The van der Waals surface area contributed by atoms with E-state index in [0.717, 1.165) is 0 Å². The SMILES string of the molecule is CN(C)C(=O)CCNc1ccccc1OC(F)(F)F. The number of hydrogen-bond donors (Lipinski definition) is 1. The van der Waals surface area contributed by atoms with Crippen LogP contribution in [0, 0.1) is 0 Å². The van der Waals surface area contributed by atoms with E-state index in [1.54, 1.807) is 20.2 Å². The van der Waals surface area contributed by atoms with E-state index in [2.05, 4.69) is 10.1 Å². The number of anilines is 1. The third kappa shape index (κ3) is 5.50. The van der Waals surface area contributed by atoms with Gasteiger partial charge in [0.15, 0.2) is 5.75 Å². The Hall–Kier alpha value is -1.92. The monoisotopic (exact) mass is 276 g/mol. The number of halogens is 3. The topological polar surface area (TPSA) is 41.6 Å². The lowest BCUT2D eigenvalue weighted by Crippen LogP contribution is -2.24. The molecule has 0 saturated heterocycles. The lowest BCUT2D eigenvalue weighted by atomic mass is 10.3. The van der Waals surface area contributed by atoms with Gasteiger partial charge in [-0.25, -0.2) is 0 Å². The normalized spacial score (nSPS) is 11.0. The highest BCUT2D eigenvalue weighted by Gasteiger charge is 2.32. The van der Waals surface area contributed by atoms with Gasteiger partial charge in [-0.2, -0.15) is 0 Å². The summed E-state index contributed by atoms with van der Waals surface area (Å²) in [7, 11) is 3.23. The number of amides is 1. The first kappa shape index (κ1) is 15.1. The van der Waals surface area contributed by atoms with Gasteiger partial charge in [0.25, 0.3) is 0 Å². The maximum absolute atomic E-state index is 12.2. The smallest absolute Gasteiger partial charge is 0.404 e. The van der Waals surface area contributed by atoms with Crippen molar-refractivity contribution in [2.45, 2.75) is 12.8 Å². The Kier molecular flexibility index (Phi) is 5.02. The van der Waals surface area contributed by atoms with Gasteiger partial charge < -0.3 is 15.0 Å². The Bertz CT molecular complexity index is 433. The van der Waals surface area contributed by atoms with Gasteiger partial charge in [0, 0.05) is 27.1 Å². The molecule has 0 heterocycles. The second kappa shape index (κ2) is 6.31. The van der Waals surface area contributed by atoms with Crippen molar-refractivity contribution >= 4 is 11.6 Å². The lowest BCUT2D eigenvalue weighted by molar-refractivity contribution is -0.274. The number of nitrogens with zero attached hydrogens (tertiary/aromatic N) is 1. The summed E-state index contributed by atoms with van der Waals surface area (Å²) in [4.78, 5) is 12.7. The van der Waals surface area contributed by atoms with Crippen molar-refractivity contribution in [3.8, 4) is 5.75 Å². The maximum atomic E-state index is 12.2. The zero-order chi connectivity index (χ0) is 14.5. The number of para-hydroxylation sites is 2. The molecule has 19 heavy (non-hydrogen) atoms. The van der Waals surface area contributed by atoms with Crippen LogP contribution in [0.4, 0.5) is 18.9 Å². The summed E-state index contributed by atoms with van der Waals surface area (Å²) in [6.07, 6.45) is -4.55. The Balaban J connectivity index is 2.61. The van der Waals surface area contributed by atoms with Gasteiger partial charge in [0.1, 0.15) is 0 Å². The molecule has 0 aliphatic carbocycles. The average molecular weight is 276 g/mol. The van der Waals surface area contributed by atoms with Gasteiger partial charge in [-0.3, -0.25) is 4.79 Å². The van der Waals surface area contributed by atoms with Crippen LogP contribution >= 0.6 is 0 Å². The zero-order valence-electron chi connectivity index (χ0n) is 10.6. The molecule has 0 aromatic heterocycles. The molecule has 1 N–H and O–H groups in total. The number of benzene rings is 1. The van der Waals surface area contributed by atoms with Crippen molar-refractivity contribution in [3.63, 3.8) is 0 Å². The molecule has 0 spiro atoms. The number of carbonyl (C=O) groups excluding carboxylic acids is 1. The molecule has 1 aromatic rings. The van der Waals surface area contributed by atoms with E-state index >= 15 is 0 Å². The fourth-order valence-corrected chi connectivity index (χ4v) is 1.35. The molecule has 4 nitrogen and oxygen atoms in total. The Morgan fingerprint density at radius 1 is 1.32 bits per heavy atom. The molecule has 7 heteroatoms. The van der Waals surface area contributed by atoms with Crippen LogP contribution in [0.2, 0.25) is 0 Å². The molecule has 0 atom stereocenters. The zero-order valence-corrected chi connectivity index (χ0v) is 10.6. The van der Waals surface area contributed by atoms with Crippen LogP contribution in [0.15, 0.2) is 24.3 Å². The fraction of sp³-hybridized carbons (Fsp3) is 0.417. The second-order valence-electron chi connectivity index (χ2n) is 4.01. The molecule has 0 saturated carbocycles. The van der Waals surface area contributed by atoms with Crippen molar-refractivity contribution < 1.29 is 22.7 Å². The van der Waals surface area contributed by atoms with Crippen molar-refractivity contribution in [2.24, 2.45) is 0 Å². The van der Waals surface area contributed by atoms with Crippen LogP contribution in [0.5, 0.6) is 5.75 Å². The highest BCUT2D eigenvalue weighted by atomic mass is 19.4. The molecule has 1 aromatic carbocycles. The minimum atomic E-state index is -4.74. The first-order valence-corrected chi connectivity index (χ1v) is 5.58. The summed E-state index contributed by atoms with van der Waals surface area (Å²) < 4.78 is 40.4. The van der Waals surface area contributed by atoms with Crippen LogP contribution in [-0.2, 0) is 4.79 Å². The number of alkyl halides is 3. The third-order valence-corrected chi connectivity index (χ3v) is 2.27. The van der Waals surface area contributed by atoms with Crippen molar-refractivity contribution in [2.75, 3.05) is 26.0 Å². The summed E-state index contributed by atoms with van der Waals surface area (Å²) in [6, 6.07) is 5.70. The quantitative estimate of drug-likeness (QED) is 0.898. The van der Waals surface area contributed by atoms with Gasteiger partial charge in [-0.05, 0) is 12.1 Å². The van der Waals surface area contributed by atoms with E-state index in [4.69, 9.17) is 0 Å². The van der Waals surface area contributed by atoms with Crippen LogP contribution in [0.1, 0.15) is 6.42 Å². The number of nitrogens with one attached hydrogen (secondary N) is 1. The number of hydrogen-bond acceptors (Lipinski definition) is 3. The molecule has 0 bridgehead atoms. The Morgan fingerprint density at radius 2 is 1.95 bits per heavy atom. The van der Waals surface area contributed by atoms with E-state index in [-0.39, 0.29) is 30.3 Å². The molecule has 1 amide bonds. The minimum Gasteiger partial charge on any atom is -0.404 e. The Labute approximate surface area is 109 Å². The molecular weight excluding hydrogens is 261 g/mol. The summed E-state index contributed by atoms with van der Waals surface area (Å²) in [5.74, 6) is -0.422. The first-order valence-electron chi connectivity index (χ1n) is 5.58. The number of rotatable bonds is 5. The van der Waals surface area contributed by atoms with E-state index in [0.29, 0.717) is 0 Å². The number of ether oxygens (including phenoxy) is 1. The van der Waals surface area contributed by atoms with Crippen LogP contribution < -0.4 is 10.1 Å². The lowest BCUT2D eigenvalue weighted by Gasteiger charge is -2.15. The summed E-state index contributed by atoms with van der Waals surface area (Å²) in [6.45, 7) is 0.231. The van der Waals surface area contributed by atoms with Gasteiger partial charge in [-0.15, -0.1) is 13.2 Å².